The van der Waals surface area contributed by atoms with E-state index < -0.39 is 0 Å². The van der Waals surface area contributed by atoms with E-state index in [0.717, 1.165) is 23.5 Å². The van der Waals surface area contributed by atoms with Crippen molar-refractivity contribution in [2.45, 2.75) is 31.2 Å². The average molecular weight is 222 g/mol. The maximum Gasteiger partial charge on any atom is 0.0406 e. The van der Waals surface area contributed by atoms with E-state index in [1.807, 2.05) is 12.1 Å². The molecule has 0 aromatic heterocycles. The van der Waals surface area contributed by atoms with E-state index >= 15 is 0 Å². The highest BCUT2D eigenvalue weighted by molar-refractivity contribution is 6.30. The summed E-state index contributed by atoms with van der Waals surface area (Å²) in [5, 5.41) is 4.49. The molecule has 1 N–H and O–H groups in total. The largest absolute Gasteiger partial charge is 0.313 e. The smallest absolute Gasteiger partial charge is 0.0406 e. The van der Waals surface area contributed by atoms with Gasteiger partial charge in [-0.2, -0.15) is 0 Å². The van der Waals surface area contributed by atoms with Crippen LogP contribution >= 0.6 is 11.6 Å². The van der Waals surface area contributed by atoms with Gasteiger partial charge in [-0.15, -0.1) is 0 Å². The van der Waals surface area contributed by atoms with Gasteiger partial charge in [-0.1, -0.05) is 23.7 Å². The minimum atomic E-state index is 0.702. The summed E-state index contributed by atoms with van der Waals surface area (Å²) in [7, 11) is 0. The molecule has 1 heterocycles. The Morgan fingerprint density at radius 2 is 1.87 bits per heavy atom. The Balaban J connectivity index is 1.70. The molecule has 1 aliphatic heterocycles. The molecule has 15 heavy (non-hydrogen) atoms. The third-order valence-electron chi connectivity index (χ3n) is 3.70. The van der Waals surface area contributed by atoms with Crippen molar-refractivity contribution in [1.29, 1.82) is 0 Å². The second-order valence-electron chi connectivity index (χ2n) is 4.84. The number of rotatable bonds is 2. The first-order valence-corrected chi connectivity index (χ1v) is 6.19. The lowest BCUT2D eigenvalue weighted by Gasteiger charge is -2.09. The molecule has 2 heteroatoms. The number of hydrogen-bond acceptors (Lipinski definition) is 1. The lowest BCUT2D eigenvalue weighted by Crippen LogP contribution is -2.22. The van der Waals surface area contributed by atoms with Crippen LogP contribution in [0.3, 0.4) is 0 Å². The molecule has 2 atom stereocenters. The van der Waals surface area contributed by atoms with Crippen LogP contribution in [0.15, 0.2) is 24.3 Å². The lowest BCUT2D eigenvalue weighted by molar-refractivity contribution is 0.535. The summed E-state index contributed by atoms with van der Waals surface area (Å²) < 4.78 is 0. The van der Waals surface area contributed by atoms with Gasteiger partial charge in [0.1, 0.15) is 0 Å². The highest BCUT2D eigenvalue weighted by atomic mass is 35.5. The average Bonchev–Trinajstić information content (AvgIpc) is 2.99. The molecule has 1 aliphatic carbocycles. The Kier molecular flexibility index (Phi) is 2.45. The molecule has 0 bridgehead atoms. The summed E-state index contributed by atoms with van der Waals surface area (Å²) in [4.78, 5) is 0. The van der Waals surface area contributed by atoms with Gasteiger partial charge in [-0.3, -0.25) is 0 Å². The Morgan fingerprint density at radius 3 is 2.53 bits per heavy atom. The summed E-state index contributed by atoms with van der Waals surface area (Å²) in [5.41, 5.74) is 1.44. The fourth-order valence-corrected chi connectivity index (χ4v) is 2.74. The third kappa shape index (κ3) is 2.04. The highest BCUT2D eigenvalue weighted by Crippen LogP contribution is 2.39. The molecule has 0 radical (unpaired) electrons. The maximum absolute atomic E-state index is 5.89. The van der Waals surface area contributed by atoms with E-state index in [4.69, 9.17) is 11.6 Å². The van der Waals surface area contributed by atoms with Gasteiger partial charge in [0.25, 0.3) is 0 Å². The van der Waals surface area contributed by atoms with Crippen molar-refractivity contribution < 1.29 is 0 Å². The van der Waals surface area contributed by atoms with Crippen LogP contribution in [-0.4, -0.2) is 12.6 Å². The molecular formula is C13H16ClN. The zero-order valence-electron chi connectivity index (χ0n) is 8.75. The Labute approximate surface area is 95.8 Å². The Bertz CT molecular complexity index is 342. The van der Waals surface area contributed by atoms with Crippen molar-refractivity contribution in [2.24, 2.45) is 5.92 Å². The maximum atomic E-state index is 5.89. The quantitative estimate of drug-likeness (QED) is 0.809. The Morgan fingerprint density at radius 1 is 1.13 bits per heavy atom. The second-order valence-corrected chi connectivity index (χ2v) is 5.27. The van der Waals surface area contributed by atoms with Crippen LogP contribution in [0.4, 0.5) is 0 Å². The molecule has 1 saturated heterocycles. The number of hydrogen-bond donors (Lipinski definition) is 1. The van der Waals surface area contributed by atoms with E-state index in [9.17, 15) is 0 Å². The van der Waals surface area contributed by atoms with Crippen molar-refractivity contribution in [1.82, 2.24) is 5.32 Å². The summed E-state index contributed by atoms with van der Waals surface area (Å²) in [6.45, 7) is 1.14. The Hall–Kier alpha value is -0.530. The van der Waals surface area contributed by atoms with Crippen LogP contribution in [0.2, 0.25) is 5.02 Å². The summed E-state index contributed by atoms with van der Waals surface area (Å²) in [6.07, 6.45) is 4.18. The summed E-state index contributed by atoms with van der Waals surface area (Å²) in [6, 6.07) is 9.13. The third-order valence-corrected chi connectivity index (χ3v) is 3.95. The predicted octanol–water partition coefficient (Wildman–Crippen LogP) is 3.20. The standard InChI is InChI=1S/C13H16ClN/c14-12-5-3-9(4-6-12)11-7-13(15-8-11)10-1-2-10/h3-6,10-11,13,15H,1-2,7-8H2/t11-,13+/m0/s1. The van der Waals surface area contributed by atoms with Crippen molar-refractivity contribution in [3.05, 3.63) is 34.9 Å². The van der Waals surface area contributed by atoms with E-state index in [1.54, 1.807) is 0 Å². The van der Waals surface area contributed by atoms with Crippen LogP contribution < -0.4 is 5.32 Å². The van der Waals surface area contributed by atoms with Gasteiger partial charge in [-0.05, 0) is 48.8 Å². The molecule has 3 rings (SSSR count). The molecule has 0 amide bonds. The SMILES string of the molecule is Clc1ccc([C@@H]2CN[C@@H](C3CC3)C2)cc1. The number of benzene rings is 1. The van der Waals surface area contributed by atoms with Gasteiger partial charge < -0.3 is 5.32 Å². The van der Waals surface area contributed by atoms with Gasteiger partial charge in [0, 0.05) is 17.6 Å². The van der Waals surface area contributed by atoms with Crippen molar-refractivity contribution in [3.63, 3.8) is 0 Å². The van der Waals surface area contributed by atoms with Gasteiger partial charge >= 0.3 is 0 Å². The molecule has 2 aliphatic rings. The zero-order valence-corrected chi connectivity index (χ0v) is 9.50. The van der Waals surface area contributed by atoms with Gasteiger partial charge in [0.2, 0.25) is 0 Å². The molecule has 0 unspecified atom stereocenters. The lowest BCUT2D eigenvalue weighted by atomic mass is 9.95. The number of nitrogens with one attached hydrogen (secondary N) is 1. The van der Waals surface area contributed by atoms with E-state index in [2.05, 4.69) is 17.4 Å². The zero-order chi connectivity index (χ0) is 10.3. The second kappa shape index (κ2) is 3.80. The first kappa shape index (κ1) is 9.68. The predicted molar refractivity (Wildman–Crippen MR) is 63.3 cm³/mol. The number of halogens is 1. The van der Waals surface area contributed by atoms with Crippen LogP contribution in [0, 0.1) is 5.92 Å². The van der Waals surface area contributed by atoms with Gasteiger partial charge in [0.15, 0.2) is 0 Å². The first-order valence-electron chi connectivity index (χ1n) is 5.82. The first-order chi connectivity index (χ1) is 7.33. The highest BCUT2D eigenvalue weighted by Gasteiger charge is 2.36. The van der Waals surface area contributed by atoms with E-state index in [-0.39, 0.29) is 0 Å². The fourth-order valence-electron chi connectivity index (χ4n) is 2.61. The molecule has 1 nitrogen and oxygen atoms in total. The van der Waals surface area contributed by atoms with Crippen molar-refractivity contribution in [3.8, 4) is 0 Å². The van der Waals surface area contributed by atoms with Gasteiger partial charge in [0.05, 0.1) is 0 Å². The normalized spacial score (nSPS) is 30.7. The molecular weight excluding hydrogens is 206 g/mol. The van der Waals surface area contributed by atoms with Crippen LogP contribution in [-0.2, 0) is 0 Å². The topological polar surface area (TPSA) is 12.0 Å². The monoisotopic (exact) mass is 221 g/mol. The van der Waals surface area contributed by atoms with Crippen molar-refractivity contribution >= 4 is 11.6 Å². The fraction of sp³-hybridized carbons (Fsp3) is 0.538. The molecule has 1 aromatic carbocycles. The molecule has 2 fully saturated rings. The molecule has 1 saturated carbocycles. The van der Waals surface area contributed by atoms with E-state index in [0.29, 0.717) is 5.92 Å². The van der Waals surface area contributed by atoms with Gasteiger partial charge in [-0.25, -0.2) is 0 Å². The summed E-state index contributed by atoms with van der Waals surface area (Å²) >= 11 is 5.89. The van der Waals surface area contributed by atoms with E-state index in [1.165, 1.54) is 24.8 Å². The van der Waals surface area contributed by atoms with Crippen LogP contribution in [0.5, 0.6) is 0 Å². The van der Waals surface area contributed by atoms with Crippen molar-refractivity contribution in [2.75, 3.05) is 6.54 Å². The molecule has 80 valence electrons. The minimum Gasteiger partial charge on any atom is -0.313 e. The molecule has 0 spiro atoms. The van der Waals surface area contributed by atoms with Crippen LogP contribution in [0.25, 0.3) is 0 Å². The summed E-state index contributed by atoms with van der Waals surface area (Å²) in [5.74, 6) is 1.68. The minimum absolute atomic E-state index is 0.702. The van der Waals surface area contributed by atoms with Crippen LogP contribution in [0.1, 0.15) is 30.7 Å². The molecule has 1 aromatic rings.